The topological polar surface area (TPSA) is 90.7 Å². The Morgan fingerprint density at radius 1 is 1.43 bits per heavy atom. The molecule has 1 aromatic heterocycles. The standard InChI is InChI=1S/C17H22N2O4/c1-12(2)6-8-17(16(22)23)7-4-10-19(11-17)15(21)14-13(20)5-3-9-18-14/h3,5-6,9,20H,4,7-8,10-11H2,1-2H3,(H,22,23)/t17-/m1/s1. The summed E-state index contributed by atoms with van der Waals surface area (Å²) in [5, 5.41) is 19.5. The number of nitrogens with zero attached hydrogens (tertiary/aromatic N) is 2. The zero-order chi connectivity index (χ0) is 17.0. The number of hydrogen-bond donors (Lipinski definition) is 2. The Morgan fingerprint density at radius 3 is 2.78 bits per heavy atom. The highest BCUT2D eigenvalue weighted by Crippen LogP contribution is 2.35. The van der Waals surface area contributed by atoms with Crippen molar-refractivity contribution in [2.24, 2.45) is 5.41 Å². The van der Waals surface area contributed by atoms with Gasteiger partial charge in [0.2, 0.25) is 0 Å². The van der Waals surface area contributed by atoms with Crippen LogP contribution in [0.15, 0.2) is 30.0 Å². The SMILES string of the molecule is CC(C)=CC[C@]1(C(=O)O)CCCN(C(=O)c2ncccc2O)C1. The van der Waals surface area contributed by atoms with Gasteiger partial charge in [-0.3, -0.25) is 9.59 Å². The minimum absolute atomic E-state index is 0.0316. The molecule has 124 valence electrons. The summed E-state index contributed by atoms with van der Waals surface area (Å²) in [6, 6.07) is 2.94. The Labute approximate surface area is 135 Å². The fourth-order valence-electron chi connectivity index (χ4n) is 2.84. The highest BCUT2D eigenvalue weighted by atomic mass is 16.4. The van der Waals surface area contributed by atoms with E-state index < -0.39 is 17.3 Å². The molecule has 23 heavy (non-hydrogen) atoms. The number of hydrogen-bond acceptors (Lipinski definition) is 4. The second-order valence-corrected chi connectivity index (χ2v) is 6.27. The smallest absolute Gasteiger partial charge is 0.311 e. The van der Waals surface area contributed by atoms with Gasteiger partial charge in [-0.15, -0.1) is 0 Å². The number of allylic oxidation sites excluding steroid dienone is 2. The number of pyridine rings is 1. The molecule has 6 heteroatoms. The number of aromatic nitrogens is 1. The number of piperidine rings is 1. The van der Waals surface area contributed by atoms with E-state index in [1.807, 2.05) is 19.9 Å². The third-order valence-electron chi connectivity index (χ3n) is 4.21. The Hall–Kier alpha value is -2.37. The van der Waals surface area contributed by atoms with Crippen molar-refractivity contribution in [1.82, 2.24) is 9.88 Å². The maximum absolute atomic E-state index is 12.6. The van der Waals surface area contributed by atoms with Crippen molar-refractivity contribution >= 4 is 11.9 Å². The minimum atomic E-state index is -0.977. The lowest BCUT2D eigenvalue weighted by Crippen LogP contribution is -2.50. The molecule has 1 saturated heterocycles. The van der Waals surface area contributed by atoms with E-state index in [4.69, 9.17) is 0 Å². The van der Waals surface area contributed by atoms with Gasteiger partial charge in [0.1, 0.15) is 5.75 Å². The van der Waals surface area contributed by atoms with Crippen LogP contribution in [0.2, 0.25) is 0 Å². The molecule has 1 aliphatic rings. The van der Waals surface area contributed by atoms with Crippen LogP contribution in [0.3, 0.4) is 0 Å². The summed E-state index contributed by atoms with van der Waals surface area (Å²) >= 11 is 0. The lowest BCUT2D eigenvalue weighted by atomic mass is 9.76. The summed E-state index contributed by atoms with van der Waals surface area (Å²) in [5.41, 5.74) is 0.0441. The lowest BCUT2D eigenvalue weighted by molar-refractivity contribution is -0.151. The van der Waals surface area contributed by atoms with Crippen LogP contribution in [-0.4, -0.2) is 45.1 Å². The number of carboxylic acids is 1. The fourth-order valence-corrected chi connectivity index (χ4v) is 2.84. The molecule has 6 nitrogen and oxygen atoms in total. The molecule has 0 aliphatic carbocycles. The molecule has 0 spiro atoms. The molecular formula is C17H22N2O4. The van der Waals surface area contributed by atoms with Crippen molar-refractivity contribution < 1.29 is 19.8 Å². The first-order valence-corrected chi connectivity index (χ1v) is 7.66. The van der Waals surface area contributed by atoms with Gasteiger partial charge in [0.25, 0.3) is 5.91 Å². The Morgan fingerprint density at radius 2 is 2.17 bits per heavy atom. The number of likely N-dealkylation sites (tertiary alicyclic amines) is 1. The van der Waals surface area contributed by atoms with E-state index in [2.05, 4.69) is 4.98 Å². The highest BCUT2D eigenvalue weighted by molar-refractivity contribution is 5.95. The molecule has 0 saturated carbocycles. The van der Waals surface area contributed by atoms with E-state index in [1.165, 1.54) is 17.2 Å². The van der Waals surface area contributed by atoms with Crippen molar-refractivity contribution in [3.8, 4) is 5.75 Å². The maximum Gasteiger partial charge on any atom is 0.311 e. The second kappa shape index (κ2) is 6.81. The van der Waals surface area contributed by atoms with Crippen molar-refractivity contribution in [2.45, 2.75) is 33.1 Å². The average Bonchev–Trinajstić information content (AvgIpc) is 2.53. The molecule has 0 bridgehead atoms. The molecule has 2 rings (SSSR count). The van der Waals surface area contributed by atoms with E-state index in [-0.39, 0.29) is 18.0 Å². The van der Waals surface area contributed by atoms with Crippen LogP contribution < -0.4 is 0 Å². The molecule has 1 amide bonds. The molecular weight excluding hydrogens is 296 g/mol. The van der Waals surface area contributed by atoms with Crippen molar-refractivity contribution in [3.05, 3.63) is 35.7 Å². The average molecular weight is 318 g/mol. The first-order valence-electron chi connectivity index (χ1n) is 7.66. The third-order valence-corrected chi connectivity index (χ3v) is 4.21. The normalized spacial score (nSPS) is 20.9. The van der Waals surface area contributed by atoms with E-state index in [9.17, 15) is 19.8 Å². The van der Waals surface area contributed by atoms with E-state index in [0.717, 1.165) is 5.57 Å². The zero-order valence-corrected chi connectivity index (χ0v) is 13.5. The molecule has 1 aromatic rings. The maximum atomic E-state index is 12.6. The molecule has 0 unspecified atom stereocenters. The number of carbonyl (C=O) groups is 2. The van der Waals surface area contributed by atoms with Gasteiger partial charge in [-0.05, 0) is 45.2 Å². The first-order chi connectivity index (χ1) is 10.9. The highest BCUT2D eigenvalue weighted by Gasteiger charge is 2.43. The van der Waals surface area contributed by atoms with Crippen molar-refractivity contribution in [3.63, 3.8) is 0 Å². The summed E-state index contributed by atoms with van der Waals surface area (Å²) in [4.78, 5) is 29.8. The summed E-state index contributed by atoms with van der Waals surface area (Å²) in [7, 11) is 0. The van der Waals surface area contributed by atoms with Gasteiger partial charge in [0, 0.05) is 19.3 Å². The summed E-state index contributed by atoms with van der Waals surface area (Å²) in [6.45, 7) is 4.44. The van der Waals surface area contributed by atoms with Gasteiger partial charge in [-0.1, -0.05) is 11.6 Å². The number of aromatic hydroxyl groups is 1. The van der Waals surface area contributed by atoms with Crippen LogP contribution in [0.5, 0.6) is 5.75 Å². The Bertz CT molecular complexity index is 637. The van der Waals surface area contributed by atoms with Gasteiger partial charge in [0.15, 0.2) is 5.69 Å². The number of rotatable bonds is 4. The quantitative estimate of drug-likeness (QED) is 0.832. The number of amides is 1. The van der Waals surface area contributed by atoms with Crippen LogP contribution in [0, 0.1) is 5.41 Å². The lowest BCUT2D eigenvalue weighted by Gasteiger charge is -2.39. The van der Waals surface area contributed by atoms with Crippen LogP contribution in [0.4, 0.5) is 0 Å². The third kappa shape index (κ3) is 3.70. The summed E-state index contributed by atoms with van der Waals surface area (Å²) < 4.78 is 0. The Kier molecular flexibility index (Phi) is 5.03. The Balaban J connectivity index is 2.25. The number of carboxylic acid groups (broad SMARTS) is 1. The molecule has 1 aliphatic heterocycles. The number of aliphatic carboxylic acids is 1. The molecule has 1 fully saturated rings. The molecule has 2 heterocycles. The van der Waals surface area contributed by atoms with Crippen LogP contribution in [-0.2, 0) is 4.79 Å². The van der Waals surface area contributed by atoms with Crippen molar-refractivity contribution in [2.75, 3.05) is 13.1 Å². The van der Waals surface area contributed by atoms with Crippen LogP contribution in [0.25, 0.3) is 0 Å². The van der Waals surface area contributed by atoms with Crippen LogP contribution >= 0.6 is 0 Å². The van der Waals surface area contributed by atoms with Crippen LogP contribution in [0.1, 0.15) is 43.6 Å². The monoisotopic (exact) mass is 318 g/mol. The fraction of sp³-hybridized carbons (Fsp3) is 0.471. The van der Waals surface area contributed by atoms with Crippen molar-refractivity contribution in [1.29, 1.82) is 0 Å². The molecule has 0 radical (unpaired) electrons. The second-order valence-electron chi connectivity index (χ2n) is 6.27. The minimum Gasteiger partial charge on any atom is -0.505 e. The largest absolute Gasteiger partial charge is 0.505 e. The number of carbonyl (C=O) groups excluding carboxylic acids is 1. The first kappa shape index (κ1) is 17.0. The van der Waals surface area contributed by atoms with E-state index in [0.29, 0.717) is 25.8 Å². The van der Waals surface area contributed by atoms with E-state index >= 15 is 0 Å². The summed E-state index contributed by atoms with van der Waals surface area (Å²) in [6.07, 6.45) is 4.87. The zero-order valence-electron chi connectivity index (χ0n) is 13.5. The molecule has 0 aromatic carbocycles. The predicted molar refractivity (Wildman–Crippen MR) is 85.2 cm³/mol. The van der Waals surface area contributed by atoms with E-state index in [1.54, 1.807) is 6.07 Å². The van der Waals surface area contributed by atoms with Gasteiger partial charge in [-0.2, -0.15) is 0 Å². The van der Waals surface area contributed by atoms with Gasteiger partial charge < -0.3 is 15.1 Å². The van der Waals surface area contributed by atoms with Gasteiger partial charge >= 0.3 is 5.97 Å². The molecule has 1 atom stereocenters. The summed E-state index contributed by atoms with van der Waals surface area (Å²) in [5.74, 6) is -1.50. The molecule has 2 N–H and O–H groups in total. The predicted octanol–water partition coefficient (Wildman–Crippen LogP) is 2.45. The van der Waals surface area contributed by atoms with Gasteiger partial charge in [0.05, 0.1) is 5.41 Å². The van der Waals surface area contributed by atoms with Gasteiger partial charge in [-0.25, -0.2) is 4.98 Å².